The van der Waals surface area contributed by atoms with Crippen molar-refractivity contribution < 1.29 is 13.9 Å². The zero-order chi connectivity index (χ0) is 20.8. The molecule has 1 aliphatic heterocycles. The minimum absolute atomic E-state index is 0.187. The lowest BCUT2D eigenvalue weighted by Gasteiger charge is -2.26. The molecule has 0 radical (unpaired) electrons. The summed E-state index contributed by atoms with van der Waals surface area (Å²) in [5, 5.41) is 3.16. The molecule has 0 bridgehead atoms. The van der Waals surface area contributed by atoms with Gasteiger partial charge in [-0.25, -0.2) is 14.4 Å². The van der Waals surface area contributed by atoms with Crippen LogP contribution in [0.1, 0.15) is 21.7 Å². The van der Waals surface area contributed by atoms with E-state index >= 15 is 0 Å². The van der Waals surface area contributed by atoms with E-state index < -0.39 is 5.82 Å². The molecular formula is C22H23FN4O2S. The molecule has 8 heteroatoms. The highest BCUT2D eigenvalue weighted by atomic mass is 32.1. The number of ether oxygens (including phenoxy) is 1. The van der Waals surface area contributed by atoms with Crippen LogP contribution in [-0.4, -0.2) is 54.0 Å². The second kappa shape index (κ2) is 9.88. The van der Waals surface area contributed by atoms with Crippen molar-refractivity contribution in [2.75, 3.05) is 38.2 Å². The number of carbonyl (C=O) groups is 1. The Balaban J connectivity index is 1.41. The number of thiophene rings is 1. The molecule has 3 heterocycles. The van der Waals surface area contributed by atoms with Crippen LogP contribution in [-0.2, 0) is 11.2 Å². The Labute approximate surface area is 178 Å². The first kappa shape index (κ1) is 20.6. The monoisotopic (exact) mass is 426 g/mol. The number of hydrogen-bond donors (Lipinski definition) is 1. The number of benzene rings is 1. The number of aryl methyl sites for hydroxylation is 1. The molecule has 0 spiro atoms. The van der Waals surface area contributed by atoms with E-state index in [9.17, 15) is 9.18 Å². The Kier molecular flexibility index (Phi) is 6.78. The lowest BCUT2D eigenvalue weighted by Crippen LogP contribution is -2.36. The Morgan fingerprint density at radius 2 is 2.10 bits per heavy atom. The first-order valence-corrected chi connectivity index (χ1v) is 10.8. The van der Waals surface area contributed by atoms with Gasteiger partial charge in [0.25, 0.3) is 0 Å². The summed E-state index contributed by atoms with van der Waals surface area (Å²) in [6.45, 7) is 4.71. The molecule has 1 fully saturated rings. The Morgan fingerprint density at radius 3 is 2.90 bits per heavy atom. The van der Waals surface area contributed by atoms with Crippen LogP contribution >= 0.6 is 11.3 Å². The predicted molar refractivity (Wildman–Crippen MR) is 116 cm³/mol. The van der Waals surface area contributed by atoms with E-state index in [1.54, 1.807) is 12.1 Å². The van der Waals surface area contributed by atoms with Crippen LogP contribution in [0.3, 0.4) is 0 Å². The van der Waals surface area contributed by atoms with E-state index in [4.69, 9.17) is 4.74 Å². The number of anilines is 2. The van der Waals surface area contributed by atoms with Crippen molar-refractivity contribution in [3.63, 3.8) is 0 Å². The van der Waals surface area contributed by atoms with Gasteiger partial charge in [-0.1, -0.05) is 12.1 Å². The molecule has 0 unspecified atom stereocenters. The zero-order valence-corrected chi connectivity index (χ0v) is 17.3. The standard InChI is InChI=1S/C22H23FN4O2S/c23-19-14-24-22(26-21(19)20-7-6-18(15-28)30-20)25-17-5-1-3-16(13-17)4-2-8-27-9-11-29-12-10-27/h1,3,5-7,13-15H,2,4,8-12H2,(H,24,25,26). The summed E-state index contributed by atoms with van der Waals surface area (Å²) >= 11 is 1.20. The normalized spacial score (nSPS) is 14.6. The molecule has 0 saturated carbocycles. The van der Waals surface area contributed by atoms with E-state index in [0.717, 1.165) is 63.9 Å². The minimum Gasteiger partial charge on any atom is -0.379 e. The van der Waals surface area contributed by atoms with Gasteiger partial charge in [0.2, 0.25) is 5.95 Å². The molecule has 2 aromatic heterocycles. The fourth-order valence-electron chi connectivity index (χ4n) is 3.41. The molecule has 6 nitrogen and oxygen atoms in total. The van der Waals surface area contributed by atoms with E-state index in [0.29, 0.717) is 15.7 Å². The lowest BCUT2D eigenvalue weighted by atomic mass is 10.1. The summed E-state index contributed by atoms with van der Waals surface area (Å²) in [5.74, 6) is -0.199. The minimum atomic E-state index is -0.517. The quantitative estimate of drug-likeness (QED) is 0.546. The molecular weight excluding hydrogens is 403 g/mol. The molecule has 156 valence electrons. The van der Waals surface area contributed by atoms with Gasteiger partial charge in [0, 0.05) is 18.8 Å². The number of halogens is 1. The molecule has 30 heavy (non-hydrogen) atoms. The van der Waals surface area contributed by atoms with E-state index in [1.807, 2.05) is 12.1 Å². The van der Waals surface area contributed by atoms with Crippen molar-refractivity contribution >= 4 is 29.3 Å². The SMILES string of the molecule is O=Cc1ccc(-c2nc(Nc3cccc(CCCN4CCOCC4)c3)ncc2F)s1. The van der Waals surface area contributed by atoms with Crippen LogP contribution in [0.5, 0.6) is 0 Å². The van der Waals surface area contributed by atoms with Gasteiger partial charge in [0.15, 0.2) is 12.1 Å². The maximum absolute atomic E-state index is 14.2. The van der Waals surface area contributed by atoms with E-state index in [1.165, 1.54) is 16.9 Å². The van der Waals surface area contributed by atoms with Gasteiger partial charge in [-0.05, 0) is 49.2 Å². The maximum atomic E-state index is 14.2. The molecule has 1 aromatic carbocycles. The second-order valence-corrected chi connectivity index (χ2v) is 8.21. The summed E-state index contributed by atoms with van der Waals surface area (Å²) < 4.78 is 19.6. The number of hydrogen-bond acceptors (Lipinski definition) is 7. The van der Waals surface area contributed by atoms with Gasteiger partial charge in [-0.2, -0.15) is 0 Å². The number of morpholine rings is 1. The fourth-order valence-corrected chi connectivity index (χ4v) is 4.22. The average Bonchev–Trinajstić information content (AvgIpc) is 3.25. The lowest BCUT2D eigenvalue weighted by molar-refractivity contribution is 0.0375. The van der Waals surface area contributed by atoms with Gasteiger partial charge in [0.1, 0.15) is 5.69 Å². The summed E-state index contributed by atoms with van der Waals surface area (Å²) in [7, 11) is 0. The van der Waals surface area contributed by atoms with Crippen molar-refractivity contribution in [3.8, 4) is 10.6 Å². The van der Waals surface area contributed by atoms with Gasteiger partial charge in [-0.3, -0.25) is 9.69 Å². The summed E-state index contributed by atoms with van der Waals surface area (Å²) in [5.41, 5.74) is 2.27. The van der Waals surface area contributed by atoms with Gasteiger partial charge in [0.05, 0.1) is 29.2 Å². The largest absolute Gasteiger partial charge is 0.379 e. The summed E-state index contributed by atoms with van der Waals surface area (Å²) in [4.78, 5) is 22.8. The molecule has 3 aromatic rings. The average molecular weight is 427 g/mol. The van der Waals surface area contributed by atoms with Gasteiger partial charge in [-0.15, -0.1) is 11.3 Å². The highest BCUT2D eigenvalue weighted by molar-refractivity contribution is 7.17. The molecule has 0 amide bonds. The van der Waals surface area contributed by atoms with Gasteiger partial charge < -0.3 is 10.1 Å². The topological polar surface area (TPSA) is 67.4 Å². The number of nitrogens with zero attached hydrogens (tertiary/aromatic N) is 3. The molecule has 4 rings (SSSR count). The molecule has 0 atom stereocenters. The summed E-state index contributed by atoms with van der Waals surface area (Å²) in [6, 6.07) is 11.5. The van der Waals surface area contributed by atoms with Crippen LogP contribution in [0.15, 0.2) is 42.6 Å². The Bertz CT molecular complexity index is 1000. The number of rotatable bonds is 8. The van der Waals surface area contributed by atoms with Crippen molar-refractivity contribution in [1.82, 2.24) is 14.9 Å². The zero-order valence-electron chi connectivity index (χ0n) is 16.5. The van der Waals surface area contributed by atoms with Crippen LogP contribution in [0, 0.1) is 5.82 Å². The Morgan fingerprint density at radius 1 is 1.23 bits per heavy atom. The number of carbonyl (C=O) groups excluding carboxylic acids is 1. The molecule has 1 saturated heterocycles. The van der Waals surface area contributed by atoms with Crippen molar-refractivity contribution in [1.29, 1.82) is 0 Å². The smallest absolute Gasteiger partial charge is 0.227 e. The van der Waals surface area contributed by atoms with E-state index in [2.05, 4.69) is 32.3 Å². The van der Waals surface area contributed by atoms with Gasteiger partial charge >= 0.3 is 0 Å². The van der Waals surface area contributed by atoms with Crippen molar-refractivity contribution in [2.24, 2.45) is 0 Å². The predicted octanol–water partition coefficient (Wildman–Crippen LogP) is 4.17. The third-order valence-electron chi connectivity index (χ3n) is 4.95. The third kappa shape index (κ3) is 5.27. The number of aldehydes is 1. The van der Waals surface area contributed by atoms with Crippen LogP contribution < -0.4 is 5.32 Å². The highest BCUT2D eigenvalue weighted by Gasteiger charge is 2.13. The number of nitrogens with one attached hydrogen (secondary N) is 1. The highest BCUT2D eigenvalue weighted by Crippen LogP contribution is 2.29. The third-order valence-corrected chi connectivity index (χ3v) is 5.96. The maximum Gasteiger partial charge on any atom is 0.227 e. The van der Waals surface area contributed by atoms with Crippen molar-refractivity contribution in [3.05, 3.63) is 58.9 Å². The van der Waals surface area contributed by atoms with Crippen LogP contribution in [0.4, 0.5) is 16.0 Å². The van der Waals surface area contributed by atoms with Crippen molar-refractivity contribution in [2.45, 2.75) is 12.8 Å². The van der Waals surface area contributed by atoms with Crippen LogP contribution in [0.2, 0.25) is 0 Å². The molecule has 1 N–H and O–H groups in total. The molecule has 1 aliphatic rings. The first-order chi connectivity index (χ1) is 14.7. The Hall–Kier alpha value is -2.68. The van der Waals surface area contributed by atoms with E-state index in [-0.39, 0.29) is 5.69 Å². The fraction of sp³-hybridized carbons (Fsp3) is 0.318. The number of aromatic nitrogens is 2. The summed E-state index contributed by atoms with van der Waals surface area (Å²) in [6.07, 6.45) is 3.96. The van der Waals surface area contributed by atoms with Crippen LogP contribution in [0.25, 0.3) is 10.6 Å². The first-order valence-electron chi connectivity index (χ1n) is 9.95. The molecule has 0 aliphatic carbocycles. The second-order valence-electron chi connectivity index (χ2n) is 7.09.